The van der Waals surface area contributed by atoms with Crippen LogP contribution >= 0.6 is 0 Å². The Labute approximate surface area is 130 Å². The van der Waals surface area contributed by atoms with E-state index in [0.717, 1.165) is 13.0 Å². The fourth-order valence-electron chi connectivity index (χ4n) is 3.67. The van der Waals surface area contributed by atoms with E-state index in [2.05, 4.69) is 77.5 Å². The first-order chi connectivity index (χ1) is 10.9. The molecule has 1 aliphatic heterocycles. The molecule has 22 heavy (non-hydrogen) atoms. The summed E-state index contributed by atoms with van der Waals surface area (Å²) < 4.78 is 2.23. The molecule has 1 heterocycles. The van der Waals surface area contributed by atoms with Crippen LogP contribution in [0.4, 0.5) is 5.69 Å². The molecule has 0 atom stereocenters. The van der Waals surface area contributed by atoms with Crippen molar-refractivity contribution in [2.75, 3.05) is 0 Å². The van der Waals surface area contributed by atoms with Gasteiger partial charge in [0.2, 0.25) is 0 Å². The zero-order valence-electron chi connectivity index (χ0n) is 12.2. The molecule has 0 fully saturated rings. The summed E-state index contributed by atoms with van der Waals surface area (Å²) in [5, 5.41) is 0. The van der Waals surface area contributed by atoms with Crippen molar-refractivity contribution in [2.45, 2.75) is 13.0 Å². The predicted octanol–water partition coefficient (Wildman–Crippen LogP) is 4.41. The highest BCUT2D eigenvalue weighted by Crippen LogP contribution is 2.40. The summed E-state index contributed by atoms with van der Waals surface area (Å²) in [6.45, 7) is 0.927. The molecule has 2 aliphatic rings. The van der Waals surface area contributed by atoms with Gasteiger partial charge < -0.3 is 0 Å². The van der Waals surface area contributed by atoms with Crippen LogP contribution in [0.5, 0.6) is 0 Å². The lowest BCUT2D eigenvalue weighted by Gasteiger charge is -2.10. The minimum absolute atomic E-state index is 0.927. The zero-order valence-corrected chi connectivity index (χ0v) is 12.2. The van der Waals surface area contributed by atoms with Crippen LogP contribution in [-0.4, -0.2) is 10.8 Å². The molecule has 0 unspecified atom stereocenters. The molecule has 1 nitrogen and oxygen atoms in total. The van der Waals surface area contributed by atoms with Crippen molar-refractivity contribution in [3.05, 3.63) is 89.0 Å². The lowest BCUT2D eigenvalue weighted by Crippen LogP contribution is -2.00. The van der Waals surface area contributed by atoms with Crippen LogP contribution in [0.3, 0.4) is 0 Å². The highest BCUT2D eigenvalue weighted by Gasteiger charge is 2.24. The summed E-state index contributed by atoms with van der Waals surface area (Å²) in [6.07, 6.45) is 4.60. The summed E-state index contributed by atoms with van der Waals surface area (Å²) in [7, 11) is 0. The van der Waals surface area contributed by atoms with Crippen molar-refractivity contribution in [3.63, 3.8) is 0 Å². The van der Waals surface area contributed by atoms with Crippen molar-refractivity contribution >= 4 is 11.9 Å². The fourth-order valence-corrected chi connectivity index (χ4v) is 3.67. The standard InChI is InChI=1S/C21H15N/c1-2-7-17(8-3-1)22-13-16-10-11-19-18-9-5-4-6-15(18)12-20(19)21(16)14-22/h1-11H,12,14H2. The van der Waals surface area contributed by atoms with E-state index >= 15 is 0 Å². The minimum atomic E-state index is 0.927. The van der Waals surface area contributed by atoms with Gasteiger partial charge in [-0.3, -0.25) is 4.58 Å². The van der Waals surface area contributed by atoms with Gasteiger partial charge in [0.1, 0.15) is 12.2 Å². The van der Waals surface area contributed by atoms with E-state index in [-0.39, 0.29) is 0 Å². The zero-order chi connectivity index (χ0) is 14.5. The Morgan fingerprint density at radius 3 is 2.45 bits per heavy atom. The van der Waals surface area contributed by atoms with Crippen LogP contribution in [0.2, 0.25) is 0 Å². The van der Waals surface area contributed by atoms with Gasteiger partial charge in [0.25, 0.3) is 0 Å². The molecule has 1 aliphatic carbocycles. The number of nitrogens with zero attached hydrogens (tertiary/aromatic N) is 1. The Bertz CT molecular complexity index is 920. The molecular weight excluding hydrogens is 266 g/mol. The summed E-state index contributed by atoms with van der Waals surface area (Å²) in [5.41, 5.74) is 9.65. The Balaban J connectivity index is 1.61. The Hall–Kier alpha value is -2.67. The van der Waals surface area contributed by atoms with Crippen LogP contribution in [0.1, 0.15) is 22.3 Å². The molecule has 5 rings (SSSR count). The second-order valence-corrected chi connectivity index (χ2v) is 5.99. The molecule has 0 spiro atoms. The largest absolute Gasteiger partial charge is 0.279 e. The van der Waals surface area contributed by atoms with Gasteiger partial charge in [-0.2, -0.15) is 0 Å². The monoisotopic (exact) mass is 281 g/mol. The second-order valence-electron chi connectivity index (χ2n) is 5.99. The minimum Gasteiger partial charge on any atom is -0.279 e. The SMILES string of the molecule is [C-]1=[N+](c2ccccc2)Cc2c1ccc1c2Cc2ccccc2-1. The fraction of sp³-hybridized carbons (Fsp3) is 0.0952. The summed E-state index contributed by atoms with van der Waals surface area (Å²) in [6, 6.07) is 23.8. The first kappa shape index (κ1) is 11.9. The van der Waals surface area contributed by atoms with E-state index in [0.29, 0.717) is 0 Å². The van der Waals surface area contributed by atoms with E-state index < -0.39 is 0 Å². The molecule has 0 bridgehead atoms. The number of hydrogen-bond donors (Lipinski definition) is 0. The molecule has 0 radical (unpaired) electrons. The van der Waals surface area contributed by atoms with Gasteiger partial charge in [0, 0.05) is 0 Å². The maximum absolute atomic E-state index is 3.54. The molecule has 1 heteroatoms. The third kappa shape index (κ3) is 1.62. The molecular formula is C21H15N. The van der Waals surface area contributed by atoms with Crippen molar-refractivity contribution < 1.29 is 4.58 Å². The van der Waals surface area contributed by atoms with Gasteiger partial charge in [-0.25, -0.2) is 0 Å². The second kappa shape index (κ2) is 4.41. The quantitative estimate of drug-likeness (QED) is 0.359. The van der Waals surface area contributed by atoms with Crippen LogP contribution in [0.15, 0.2) is 66.7 Å². The number of para-hydroxylation sites is 1. The maximum Gasteiger partial charge on any atom is 0.153 e. The van der Waals surface area contributed by atoms with Gasteiger partial charge in [-0.15, -0.1) is 6.07 Å². The van der Waals surface area contributed by atoms with Gasteiger partial charge in [0.15, 0.2) is 6.21 Å². The van der Waals surface area contributed by atoms with Crippen LogP contribution in [-0.2, 0) is 13.0 Å². The molecule has 0 aromatic heterocycles. The smallest absolute Gasteiger partial charge is 0.153 e. The van der Waals surface area contributed by atoms with Gasteiger partial charge in [0.05, 0.1) is 0 Å². The van der Waals surface area contributed by atoms with Crippen molar-refractivity contribution in [3.8, 4) is 11.1 Å². The molecule has 3 aromatic rings. The Morgan fingerprint density at radius 1 is 0.727 bits per heavy atom. The van der Waals surface area contributed by atoms with Crippen molar-refractivity contribution in [1.82, 2.24) is 0 Å². The van der Waals surface area contributed by atoms with Crippen LogP contribution in [0.25, 0.3) is 11.1 Å². The molecule has 104 valence electrons. The van der Waals surface area contributed by atoms with Gasteiger partial charge in [-0.05, 0) is 40.8 Å². The van der Waals surface area contributed by atoms with Crippen LogP contribution in [0, 0.1) is 0 Å². The highest BCUT2D eigenvalue weighted by atomic mass is 15.0. The molecule has 3 aromatic carbocycles. The number of rotatable bonds is 1. The average molecular weight is 281 g/mol. The molecule has 0 saturated carbocycles. The third-order valence-electron chi connectivity index (χ3n) is 4.75. The van der Waals surface area contributed by atoms with E-state index in [4.69, 9.17) is 0 Å². The summed E-state index contributed by atoms with van der Waals surface area (Å²) in [4.78, 5) is 0. The van der Waals surface area contributed by atoms with Gasteiger partial charge in [-0.1, -0.05) is 59.7 Å². The Kier molecular flexibility index (Phi) is 2.39. The summed E-state index contributed by atoms with van der Waals surface area (Å²) in [5.74, 6) is 0. The number of fused-ring (bicyclic) bond motifs is 5. The third-order valence-corrected chi connectivity index (χ3v) is 4.75. The van der Waals surface area contributed by atoms with E-state index in [1.807, 2.05) is 0 Å². The summed E-state index contributed by atoms with van der Waals surface area (Å²) >= 11 is 0. The van der Waals surface area contributed by atoms with Gasteiger partial charge >= 0.3 is 0 Å². The molecule has 0 N–H and O–H groups in total. The first-order valence-corrected chi connectivity index (χ1v) is 7.72. The predicted molar refractivity (Wildman–Crippen MR) is 88.9 cm³/mol. The molecule has 0 saturated heterocycles. The molecule has 0 amide bonds. The lowest BCUT2D eigenvalue weighted by atomic mass is 9.98. The topological polar surface area (TPSA) is 3.01 Å². The van der Waals surface area contributed by atoms with Crippen LogP contribution < -0.4 is 0 Å². The number of hydrogen-bond acceptors (Lipinski definition) is 0. The maximum atomic E-state index is 3.54. The average Bonchev–Trinajstić information content (AvgIpc) is 3.16. The highest BCUT2D eigenvalue weighted by molar-refractivity contribution is 5.87. The van der Waals surface area contributed by atoms with E-state index in [9.17, 15) is 0 Å². The first-order valence-electron chi connectivity index (χ1n) is 7.72. The van der Waals surface area contributed by atoms with E-state index in [1.165, 1.54) is 39.1 Å². The number of benzene rings is 3. The Morgan fingerprint density at radius 2 is 1.55 bits per heavy atom. The normalized spacial score (nSPS) is 14.3. The van der Waals surface area contributed by atoms with Crippen molar-refractivity contribution in [1.29, 1.82) is 0 Å². The lowest BCUT2D eigenvalue weighted by molar-refractivity contribution is -0.447. The van der Waals surface area contributed by atoms with Crippen molar-refractivity contribution in [2.24, 2.45) is 0 Å². The van der Waals surface area contributed by atoms with E-state index in [1.54, 1.807) is 0 Å².